The van der Waals surface area contributed by atoms with Gasteiger partial charge in [0.1, 0.15) is 24.2 Å². The van der Waals surface area contributed by atoms with E-state index in [0.717, 1.165) is 5.82 Å². The van der Waals surface area contributed by atoms with Crippen LogP contribution in [0.5, 0.6) is 0 Å². The Bertz CT molecular complexity index is 1830. The molecule has 0 aliphatic rings. The van der Waals surface area contributed by atoms with Gasteiger partial charge >= 0.3 is 0 Å². The molecule has 1 aromatic heterocycles. The summed E-state index contributed by atoms with van der Waals surface area (Å²) in [7, 11) is 0. The number of hydrogen-bond donors (Lipinski definition) is 1. The van der Waals surface area contributed by atoms with Crippen molar-refractivity contribution in [1.82, 2.24) is 4.98 Å². The highest BCUT2D eigenvalue weighted by atomic mass is 15.1. The zero-order valence-electron chi connectivity index (χ0n) is 29.0. The normalized spacial score (nSPS) is 11.1. The van der Waals surface area contributed by atoms with Gasteiger partial charge in [-0.2, -0.15) is 26.4 Å². The van der Waals surface area contributed by atoms with Crippen LogP contribution in [0.2, 0.25) is 0 Å². The number of aromatic amines is 1. The molecule has 0 fully saturated rings. The monoisotopic (exact) mass is 624 g/mol. The molecule has 0 saturated carbocycles. The number of rotatable bonds is 6. The van der Waals surface area contributed by atoms with E-state index in [9.17, 15) is 0 Å². The van der Waals surface area contributed by atoms with Gasteiger partial charge in [-0.05, 0) is 63.8 Å². The number of aromatic nitrogens is 2. The van der Waals surface area contributed by atoms with Gasteiger partial charge in [0.05, 0.1) is 5.56 Å². The molecule has 6 aromatic carbocycles. The summed E-state index contributed by atoms with van der Waals surface area (Å²) in [6, 6.07) is 52.5. The Balaban J connectivity index is 0.000000168. The molecular weight excluding hydrogens is 579 g/mol. The molecule has 0 spiro atoms. The zero-order valence-corrected chi connectivity index (χ0v) is 29.0. The largest absolute Gasteiger partial charge is 0.292 e. The van der Waals surface area contributed by atoms with E-state index in [0.29, 0.717) is 0 Å². The lowest BCUT2D eigenvalue weighted by Gasteiger charge is -2.44. The third-order valence-corrected chi connectivity index (χ3v) is 9.67. The van der Waals surface area contributed by atoms with E-state index in [1.54, 1.807) is 0 Å². The first-order valence-electron chi connectivity index (χ1n) is 16.9. The first-order valence-corrected chi connectivity index (χ1v) is 16.9. The fourth-order valence-electron chi connectivity index (χ4n) is 7.94. The van der Waals surface area contributed by atoms with Gasteiger partial charge in [0, 0.05) is 0 Å². The minimum absolute atomic E-state index is 1.15. The highest BCUT2D eigenvalue weighted by Crippen LogP contribution is 2.27. The number of nitrogens with one attached hydrogen (secondary N) is 1. The fourth-order valence-corrected chi connectivity index (χ4v) is 7.94. The minimum atomic E-state index is -1.22. The lowest BCUT2D eigenvalue weighted by atomic mass is 9.13. The quantitative estimate of drug-likeness (QED) is 0.144. The van der Waals surface area contributed by atoms with Crippen molar-refractivity contribution in [2.75, 3.05) is 0 Å². The van der Waals surface area contributed by atoms with Crippen molar-refractivity contribution in [2.45, 2.75) is 41.5 Å². The van der Waals surface area contributed by atoms with Crippen molar-refractivity contribution < 1.29 is 4.57 Å². The van der Waals surface area contributed by atoms with E-state index >= 15 is 0 Å². The number of imidazole rings is 1. The summed E-state index contributed by atoms with van der Waals surface area (Å²) in [6.07, 6.45) is 2.93. The van der Waals surface area contributed by atoms with Crippen molar-refractivity contribution in [1.29, 1.82) is 0 Å². The van der Waals surface area contributed by atoms with Crippen molar-refractivity contribution >= 4 is 28.0 Å². The second-order valence-electron chi connectivity index (χ2n) is 13.2. The number of aryl methyl sites for hydroxylation is 6. The Hall–Kier alpha value is -5.41. The van der Waals surface area contributed by atoms with Crippen LogP contribution in [-0.2, 0) is 0 Å². The van der Waals surface area contributed by atoms with Gasteiger partial charge < -0.3 is 0 Å². The van der Waals surface area contributed by atoms with Crippen LogP contribution in [0.1, 0.15) is 33.4 Å². The predicted octanol–water partition coefficient (Wildman–Crippen LogP) is 7.87. The minimum Gasteiger partial charge on any atom is -0.243 e. The maximum absolute atomic E-state index is 3.45. The first-order chi connectivity index (χ1) is 23.3. The summed E-state index contributed by atoms with van der Waals surface area (Å²) in [5, 5.41) is 0. The Morgan fingerprint density at radius 1 is 0.438 bits per heavy atom. The number of nitrogens with zero attached hydrogens (tertiary/aromatic N) is 1. The van der Waals surface area contributed by atoms with Crippen LogP contribution in [0.4, 0.5) is 0 Å². The summed E-state index contributed by atoms with van der Waals surface area (Å²) in [6.45, 7) is 13.1. The molecule has 3 heteroatoms. The number of H-pyrrole nitrogens is 1. The van der Waals surface area contributed by atoms with Crippen LogP contribution >= 0.6 is 0 Å². The molecule has 0 aliphatic carbocycles. The lowest BCUT2D eigenvalue weighted by molar-refractivity contribution is -0.583. The average molecular weight is 625 g/mol. The van der Waals surface area contributed by atoms with Crippen LogP contribution in [0.15, 0.2) is 158 Å². The zero-order chi connectivity index (χ0) is 33.7. The standard InChI is InChI=1S/C24H20B.C21H24N2/c1-5-13-21(14-6-1)25(22-15-7-2-8-16-22,23-17-9-3-10-18-23)24-19-11-4-12-20-24;1-13-9-15(3)19(16(4)10-13)21-22-7-8-23(21)20-17(5)11-14(2)12-18(20)6/h1-20H;7-12H,1-6H3/q-1;/p+1. The fraction of sp³-hybridized carbons (Fsp3) is 0.133. The van der Waals surface area contributed by atoms with Crippen LogP contribution in [0, 0.1) is 41.5 Å². The van der Waals surface area contributed by atoms with E-state index in [2.05, 4.69) is 203 Å². The van der Waals surface area contributed by atoms with Gasteiger partial charge in [0.2, 0.25) is 0 Å². The van der Waals surface area contributed by atoms with Crippen molar-refractivity contribution in [2.24, 2.45) is 0 Å². The van der Waals surface area contributed by atoms with Crippen LogP contribution in [0.25, 0.3) is 17.1 Å². The Labute approximate surface area is 286 Å². The molecular formula is C45H45BN2. The first kappa shape index (κ1) is 32.5. The molecule has 0 saturated heterocycles. The average Bonchev–Trinajstić information content (AvgIpc) is 3.55. The molecule has 1 heterocycles. The third-order valence-electron chi connectivity index (χ3n) is 9.67. The van der Waals surface area contributed by atoms with Gasteiger partial charge in [-0.3, -0.25) is 0 Å². The molecule has 0 radical (unpaired) electrons. The van der Waals surface area contributed by atoms with Crippen LogP contribution < -0.4 is 26.4 Å². The Morgan fingerprint density at radius 2 is 0.771 bits per heavy atom. The molecule has 2 nitrogen and oxygen atoms in total. The van der Waals surface area contributed by atoms with Gasteiger partial charge in [-0.25, -0.2) is 4.98 Å². The van der Waals surface area contributed by atoms with E-state index in [4.69, 9.17) is 0 Å². The molecule has 1 N–H and O–H groups in total. The smallest absolute Gasteiger partial charge is 0.243 e. The van der Waals surface area contributed by atoms with Crippen molar-refractivity contribution in [3.63, 3.8) is 0 Å². The Morgan fingerprint density at radius 3 is 1.12 bits per heavy atom. The van der Waals surface area contributed by atoms with Gasteiger partial charge in [0.25, 0.3) is 5.82 Å². The molecule has 48 heavy (non-hydrogen) atoms. The molecule has 0 unspecified atom stereocenters. The lowest BCUT2D eigenvalue weighted by Crippen LogP contribution is -2.74. The second-order valence-corrected chi connectivity index (χ2v) is 13.2. The molecule has 0 amide bonds. The molecule has 0 aliphatic heterocycles. The second kappa shape index (κ2) is 14.2. The summed E-state index contributed by atoms with van der Waals surface area (Å²) in [5.41, 5.74) is 15.8. The van der Waals surface area contributed by atoms with Crippen molar-refractivity contribution in [3.05, 3.63) is 191 Å². The molecule has 7 aromatic rings. The Kier molecular flexibility index (Phi) is 9.59. The number of hydrogen-bond acceptors (Lipinski definition) is 0. The van der Waals surface area contributed by atoms with Gasteiger partial charge in [-0.1, -0.05) is 157 Å². The van der Waals surface area contributed by atoms with Gasteiger partial charge in [0.15, 0.2) is 0 Å². The van der Waals surface area contributed by atoms with Crippen LogP contribution in [-0.4, -0.2) is 11.1 Å². The summed E-state index contributed by atoms with van der Waals surface area (Å²) in [5.74, 6) is 1.15. The van der Waals surface area contributed by atoms with E-state index < -0.39 is 6.15 Å². The van der Waals surface area contributed by atoms with Crippen molar-refractivity contribution in [3.8, 4) is 17.1 Å². The third kappa shape index (κ3) is 6.29. The van der Waals surface area contributed by atoms with Crippen LogP contribution in [0.3, 0.4) is 0 Å². The summed E-state index contributed by atoms with van der Waals surface area (Å²) >= 11 is 0. The maximum Gasteiger partial charge on any atom is 0.292 e. The molecule has 238 valence electrons. The highest BCUT2D eigenvalue weighted by Gasteiger charge is 2.31. The molecule has 0 bridgehead atoms. The molecule has 0 atom stereocenters. The van der Waals surface area contributed by atoms with E-state index in [-0.39, 0.29) is 0 Å². The topological polar surface area (TPSA) is 19.7 Å². The van der Waals surface area contributed by atoms with Gasteiger partial charge in [-0.15, -0.1) is 0 Å². The van der Waals surface area contributed by atoms with E-state index in [1.807, 2.05) is 6.20 Å². The SMILES string of the molecule is Cc1cc(C)c(-c2[nH]cc[n+]2-c2c(C)cc(C)cc2C)c(C)c1.c1ccc([B-](c2ccccc2)(c2ccccc2)c2ccccc2)cc1. The predicted molar refractivity (Wildman–Crippen MR) is 206 cm³/mol. The number of benzene rings is 6. The summed E-state index contributed by atoms with van der Waals surface area (Å²) in [4.78, 5) is 3.45. The maximum atomic E-state index is 3.45. The highest BCUT2D eigenvalue weighted by molar-refractivity contribution is 7.19. The molecule has 7 rings (SSSR count). The van der Waals surface area contributed by atoms with E-state index in [1.165, 1.54) is 66.5 Å². The summed E-state index contributed by atoms with van der Waals surface area (Å²) < 4.78 is 2.29.